The second-order valence-electron chi connectivity index (χ2n) is 3.86. The van der Waals surface area contributed by atoms with E-state index in [1.165, 1.54) is 26.4 Å². The fourth-order valence-electron chi connectivity index (χ4n) is 1.58. The Kier molecular flexibility index (Phi) is 4.14. The van der Waals surface area contributed by atoms with Gasteiger partial charge < -0.3 is 9.47 Å². The summed E-state index contributed by atoms with van der Waals surface area (Å²) in [5, 5.41) is 8.66. The van der Waals surface area contributed by atoms with Crippen LogP contribution < -0.4 is 14.8 Å². The van der Waals surface area contributed by atoms with Crippen LogP contribution in [0.3, 0.4) is 0 Å². The van der Waals surface area contributed by atoms with Crippen LogP contribution >= 0.6 is 0 Å². The Bertz CT molecular complexity index is 614. The van der Waals surface area contributed by atoms with Gasteiger partial charge in [0.2, 0.25) is 11.9 Å². The van der Waals surface area contributed by atoms with Crippen LogP contribution in [0.4, 0.5) is 10.3 Å². The van der Waals surface area contributed by atoms with Gasteiger partial charge in [-0.3, -0.25) is 10.1 Å². The van der Waals surface area contributed by atoms with Gasteiger partial charge in [0.05, 0.1) is 20.6 Å². The number of hydrogen-bond acceptors (Lipinski definition) is 5. The van der Waals surface area contributed by atoms with Crippen LogP contribution in [0.15, 0.2) is 18.2 Å². The maximum Gasteiger partial charge on any atom is 0.336 e. The first kappa shape index (κ1) is 13.8. The number of nitrogens with zero attached hydrogens (tertiary/aromatic N) is 2. The Morgan fingerprint density at radius 1 is 1.40 bits per heavy atom. The minimum Gasteiger partial charge on any atom is -0.494 e. The molecule has 0 aliphatic heterocycles. The standard InChI is InChI=1S/C12H13FN4O3/c1-19-9-4-3-7(5-8(9)13)6-10(18)14-11-15-12(20-2)17-16-11/h3-5H,6H2,1-2H3,(H2,14,15,16,17,18). The molecule has 20 heavy (non-hydrogen) atoms. The van der Waals surface area contributed by atoms with Crippen LogP contribution in [0, 0.1) is 5.82 Å². The molecule has 0 aliphatic rings. The normalized spacial score (nSPS) is 10.2. The lowest BCUT2D eigenvalue weighted by molar-refractivity contribution is -0.115. The summed E-state index contributed by atoms with van der Waals surface area (Å²) in [6, 6.07) is 4.45. The molecule has 2 rings (SSSR count). The van der Waals surface area contributed by atoms with Crippen molar-refractivity contribution >= 4 is 11.9 Å². The monoisotopic (exact) mass is 280 g/mol. The molecular formula is C12H13FN4O3. The number of benzene rings is 1. The number of halogens is 1. The number of amides is 1. The maximum atomic E-state index is 13.5. The van der Waals surface area contributed by atoms with Gasteiger partial charge in [-0.05, 0) is 17.7 Å². The number of rotatable bonds is 5. The average Bonchev–Trinajstić information content (AvgIpc) is 2.86. The topological polar surface area (TPSA) is 89.1 Å². The largest absolute Gasteiger partial charge is 0.494 e. The van der Waals surface area contributed by atoms with Crippen molar-refractivity contribution in [3.8, 4) is 11.8 Å². The molecule has 2 N–H and O–H groups in total. The molecule has 0 saturated heterocycles. The molecule has 1 amide bonds. The number of nitrogens with one attached hydrogen (secondary N) is 2. The van der Waals surface area contributed by atoms with Gasteiger partial charge in [0.15, 0.2) is 11.6 Å². The Morgan fingerprint density at radius 2 is 2.20 bits per heavy atom. The van der Waals surface area contributed by atoms with Gasteiger partial charge in [0.1, 0.15) is 0 Å². The van der Waals surface area contributed by atoms with E-state index in [1.54, 1.807) is 6.07 Å². The molecule has 7 nitrogen and oxygen atoms in total. The van der Waals surface area contributed by atoms with Gasteiger partial charge in [-0.25, -0.2) is 9.49 Å². The van der Waals surface area contributed by atoms with Crippen molar-refractivity contribution in [3.05, 3.63) is 29.6 Å². The fraction of sp³-hybridized carbons (Fsp3) is 0.250. The average molecular weight is 280 g/mol. The number of carbonyl (C=O) groups is 1. The molecule has 0 saturated carbocycles. The van der Waals surface area contributed by atoms with Crippen molar-refractivity contribution in [3.63, 3.8) is 0 Å². The molecule has 0 fully saturated rings. The van der Waals surface area contributed by atoms with E-state index in [2.05, 4.69) is 20.5 Å². The third-order valence-corrected chi connectivity index (χ3v) is 2.49. The number of aromatic nitrogens is 3. The van der Waals surface area contributed by atoms with Crippen molar-refractivity contribution < 1.29 is 18.7 Å². The lowest BCUT2D eigenvalue weighted by Crippen LogP contribution is -2.15. The van der Waals surface area contributed by atoms with Gasteiger partial charge in [-0.1, -0.05) is 6.07 Å². The van der Waals surface area contributed by atoms with E-state index in [-0.39, 0.29) is 30.0 Å². The molecule has 0 spiro atoms. The molecule has 0 radical (unpaired) electrons. The molecular weight excluding hydrogens is 267 g/mol. The SMILES string of the molecule is COc1n[nH]c(NC(=O)Cc2ccc(OC)c(F)c2)n1. The zero-order valence-electron chi connectivity index (χ0n) is 10.9. The van der Waals surface area contributed by atoms with Crippen LogP contribution in [-0.4, -0.2) is 35.3 Å². The highest BCUT2D eigenvalue weighted by Gasteiger charge is 2.10. The number of hydrogen-bond donors (Lipinski definition) is 2. The van der Waals surface area contributed by atoms with Crippen molar-refractivity contribution in [1.29, 1.82) is 0 Å². The second-order valence-corrected chi connectivity index (χ2v) is 3.86. The van der Waals surface area contributed by atoms with Gasteiger partial charge in [-0.15, -0.1) is 5.10 Å². The first-order chi connectivity index (χ1) is 9.62. The van der Waals surface area contributed by atoms with Crippen molar-refractivity contribution in [2.24, 2.45) is 0 Å². The van der Waals surface area contributed by atoms with Gasteiger partial charge in [-0.2, -0.15) is 4.98 Å². The molecule has 0 aliphatic carbocycles. The highest BCUT2D eigenvalue weighted by atomic mass is 19.1. The molecule has 8 heteroatoms. The molecule has 1 aromatic carbocycles. The van der Waals surface area contributed by atoms with Crippen molar-refractivity contribution in [2.45, 2.75) is 6.42 Å². The number of aromatic amines is 1. The zero-order chi connectivity index (χ0) is 14.5. The van der Waals surface area contributed by atoms with E-state index in [9.17, 15) is 9.18 Å². The molecule has 0 bridgehead atoms. The van der Waals surface area contributed by atoms with Crippen LogP contribution in [0.25, 0.3) is 0 Å². The van der Waals surface area contributed by atoms with Crippen LogP contribution in [0.2, 0.25) is 0 Å². The van der Waals surface area contributed by atoms with Crippen LogP contribution in [-0.2, 0) is 11.2 Å². The molecule has 2 aromatic rings. The van der Waals surface area contributed by atoms with E-state index < -0.39 is 5.82 Å². The fourth-order valence-corrected chi connectivity index (χ4v) is 1.58. The summed E-state index contributed by atoms with van der Waals surface area (Å²) >= 11 is 0. The summed E-state index contributed by atoms with van der Waals surface area (Å²) in [5.41, 5.74) is 0.521. The predicted molar refractivity (Wildman–Crippen MR) is 68.2 cm³/mol. The summed E-state index contributed by atoms with van der Waals surface area (Å²) < 4.78 is 23.0. The molecule has 1 aromatic heterocycles. The van der Waals surface area contributed by atoms with E-state index in [1.807, 2.05) is 0 Å². The Balaban J connectivity index is 1.99. The minimum atomic E-state index is -0.515. The summed E-state index contributed by atoms with van der Waals surface area (Å²) in [5.74, 6) is -0.567. The van der Waals surface area contributed by atoms with Gasteiger partial charge in [0.25, 0.3) is 0 Å². The predicted octanol–water partition coefficient (Wildman–Crippen LogP) is 1.14. The molecule has 0 atom stereocenters. The number of anilines is 1. The van der Waals surface area contributed by atoms with E-state index >= 15 is 0 Å². The van der Waals surface area contributed by atoms with Gasteiger partial charge in [0, 0.05) is 0 Å². The maximum absolute atomic E-state index is 13.5. The van der Waals surface area contributed by atoms with E-state index in [4.69, 9.17) is 9.47 Å². The lowest BCUT2D eigenvalue weighted by Gasteiger charge is -2.05. The summed E-state index contributed by atoms with van der Waals surface area (Å²) in [6.07, 6.45) is 0.00390. The van der Waals surface area contributed by atoms with Gasteiger partial charge >= 0.3 is 6.01 Å². The highest BCUT2D eigenvalue weighted by Crippen LogP contribution is 2.18. The molecule has 0 unspecified atom stereocenters. The number of ether oxygens (including phenoxy) is 2. The first-order valence-electron chi connectivity index (χ1n) is 5.71. The summed E-state index contributed by atoms with van der Waals surface area (Å²) in [4.78, 5) is 15.6. The Hall–Kier alpha value is -2.64. The minimum absolute atomic E-state index is 0.00390. The van der Waals surface area contributed by atoms with E-state index in [0.29, 0.717) is 5.56 Å². The zero-order valence-corrected chi connectivity index (χ0v) is 10.9. The molecule has 106 valence electrons. The van der Waals surface area contributed by atoms with Crippen molar-refractivity contribution in [2.75, 3.05) is 19.5 Å². The Morgan fingerprint density at radius 3 is 2.80 bits per heavy atom. The third-order valence-electron chi connectivity index (χ3n) is 2.49. The first-order valence-corrected chi connectivity index (χ1v) is 5.71. The lowest BCUT2D eigenvalue weighted by atomic mass is 10.1. The highest BCUT2D eigenvalue weighted by molar-refractivity contribution is 5.90. The number of carbonyl (C=O) groups excluding carboxylic acids is 1. The molecule has 1 heterocycles. The van der Waals surface area contributed by atoms with E-state index in [0.717, 1.165) is 0 Å². The number of methoxy groups -OCH3 is 2. The summed E-state index contributed by atoms with van der Waals surface area (Å²) in [6.45, 7) is 0. The van der Waals surface area contributed by atoms with Crippen molar-refractivity contribution in [1.82, 2.24) is 15.2 Å². The quantitative estimate of drug-likeness (QED) is 0.857. The smallest absolute Gasteiger partial charge is 0.336 e. The number of H-pyrrole nitrogens is 1. The van der Waals surface area contributed by atoms with Crippen LogP contribution in [0.1, 0.15) is 5.56 Å². The third kappa shape index (κ3) is 3.22. The summed E-state index contributed by atoms with van der Waals surface area (Å²) in [7, 11) is 2.79. The van der Waals surface area contributed by atoms with Crippen LogP contribution in [0.5, 0.6) is 11.8 Å². The second kappa shape index (κ2) is 6.00. The Labute approximate surface area is 114 Å².